The zero-order chi connectivity index (χ0) is 17.1. The van der Waals surface area contributed by atoms with Crippen molar-refractivity contribution >= 4 is 34.7 Å². The van der Waals surface area contributed by atoms with Gasteiger partial charge < -0.3 is 10.6 Å². The number of aromatic nitrogens is 2. The maximum Gasteiger partial charge on any atom is 0.229 e. The molecule has 2 N–H and O–H groups in total. The number of aryl methyl sites for hydroxylation is 1. The molecule has 7 heteroatoms. The summed E-state index contributed by atoms with van der Waals surface area (Å²) in [5.41, 5.74) is 1.54. The highest BCUT2D eigenvalue weighted by molar-refractivity contribution is 6.31. The fraction of sp³-hybridized carbons (Fsp3) is 0.0588. The van der Waals surface area contributed by atoms with Gasteiger partial charge in [0.05, 0.1) is 10.7 Å². The summed E-state index contributed by atoms with van der Waals surface area (Å²) in [4.78, 5) is 8.51. The van der Waals surface area contributed by atoms with Crippen molar-refractivity contribution in [1.82, 2.24) is 9.97 Å². The molecule has 0 aliphatic heterocycles. The third-order valence-corrected chi connectivity index (χ3v) is 3.46. The van der Waals surface area contributed by atoms with Crippen molar-refractivity contribution in [2.45, 2.75) is 6.92 Å². The van der Waals surface area contributed by atoms with Crippen LogP contribution in [0.5, 0.6) is 0 Å². The van der Waals surface area contributed by atoms with Crippen LogP contribution in [0.3, 0.4) is 0 Å². The normalized spacial score (nSPS) is 10.5. The zero-order valence-electron chi connectivity index (χ0n) is 12.6. The summed E-state index contributed by atoms with van der Waals surface area (Å²) in [6.45, 7) is 1.79. The van der Waals surface area contributed by atoms with Gasteiger partial charge >= 0.3 is 0 Å². The van der Waals surface area contributed by atoms with Gasteiger partial charge in [-0.05, 0) is 37.3 Å². The smallest absolute Gasteiger partial charge is 0.229 e. The average molecular weight is 347 g/mol. The number of benzene rings is 2. The Kier molecular flexibility index (Phi) is 4.57. The third-order valence-electron chi connectivity index (χ3n) is 3.17. The molecule has 0 fully saturated rings. The van der Waals surface area contributed by atoms with Crippen molar-refractivity contribution in [3.05, 3.63) is 70.9 Å². The molecule has 3 aromatic rings. The van der Waals surface area contributed by atoms with Crippen LogP contribution in [-0.4, -0.2) is 9.97 Å². The van der Waals surface area contributed by atoms with Crippen LogP contribution in [0, 0.1) is 18.6 Å². The lowest BCUT2D eigenvalue weighted by atomic mass is 10.3. The van der Waals surface area contributed by atoms with E-state index in [4.69, 9.17) is 11.6 Å². The van der Waals surface area contributed by atoms with E-state index in [2.05, 4.69) is 20.6 Å². The van der Waals surface area contributed by atoms with Crippen LogP contribution < -0.4 is 10.6 Å². The average Bonchev–Trinajstić information content (AvgIpc) is 2.53. The summed E-state index contributed by atoms with van der Waals surface area (Å²) in [7, 11) is 0. The minimum absolute atomic E-state index is 0.00971. The lowest BCUT2D eigenvalue weighted by Gasteiger charge is -2.11. The van der Waals surface area contributed by atoms with Gasteiger partial charge in [-0.3, -0.25) is 0 Å². The number of hydrogen-bond acceptors (Lipinski definition) is 4. The fourth-order valence-electron chi connectivity index (χ4n) is 2.09. The fourth-order valence-corrected chi connectivity index (χ4v) is 2.27. The first kappa shape index (κ1) is 16.1. The van der Waals surface area contributed by atoms with Gasteiger partial charge in [0.15, 0.2) is 0 Å². The molecule has 4 nitrogen and oxygen atoms in total. The summed E-state index contributed by atoms with van der Waals surface area (Å²) < 4.78 is 26.9. The van der Waals surface area contributed by atoms with Crippen LogP contribution in [0.4, 0.5) is 31.9 Å². The van der Waals surface area contributed by atoms with Crippen molar-refractivity contribution in [3.63, 3.8) is 0 Å². The van der Waals surface area contributed by atoms with Gasteiger partial charge in [0.1, 0.15) is 17.5 Å². The molecule has 1 aromatic heterocycles. The first-order chi connectivity index (χ1) is 11.5. The predicted molar refractivity (Wildman–Crippen MR) is 91.1 cm³/mol. The SMILES string of the molecule is Cc1cc(Nc2ccc(F)c(Cl)c2)nc(Nc2ccccc2F)n1. The van der Waals surface area contributed by atoms with E-state index in [0.717, 1.165) is 0 Å². The number of nitrogens with one attached hydrogen (secondary N) is 2. The molecular weight excluding hydrogens is 334 g/mol. The van der Waals surface area contributed by atoms with Crippen LogP contribution in [0.25, 0.3) is 0 Å². The summed E-state index contributed by atoms with van der Waals surface area (Å²) in [6.07, 6.45) is 0. The molecular formula is C17H13ClF2N4. The van der Waals surface area contributed by atoms with Crippen molar-refractivity contribution < 1.29 is 8.78 Å². The first-order valence-corrected chi connectivity index (χ1v) is 7.48. The Hall–Kier alpha value is -2.73. The second-order valence-electron chi connectivity index (χ2n) is 5.08. The highest BCUT2D eigenvalue weighted by atomic mass is 35.5. The van der Waals surface area contributed by atoms with Crippen LogP contribution >= 0.6 is 11.6 Å². The third kappa shape index (κ3) is 3.78. The van der Waals surface area contributed by atoms with Crippen LogP contribution in [-0.2, 0) is 0 Å². The molecule has 3 rings (SSSR count). The second kappa shape index (κ2) is 6.80. The molecule has 0 aliphatic carbocycles. The van der Waals surface area contributed by atoms with Gasteiger partial charge in [-0.25, -0.2) is 13.8 Å². The topological polar surface area (TPSA) is 49.8 Å². The lowest BCUT2D eigenvalue weighted by molar-refractivity contribution is 0.628. The Morgan fingerprint density at radius 2 is 1.71 bits per heavy atom. The van der Waals surface area contributed by atoms with Crippen LogP contribution in [0.1, 0.15) is 5.69 Å². The number of anilines is 4. The van der Waals surface area contributed by atoms with E-state index < -0.39 is 11.6 Å². The summed E-state index contributed by atoms with van der Waals surface area (Å²) in [5, 5.41) is 5.86. The van der Waals surface area contributed by atoms with Gasteiger partial charge in [0.2, 0.25) is 5.95 Å². The standard InChI is InChI=1S/C17H13ClF2N4/c1-10-8-16(22-11-6-7-13(19)12(18)9-11)24-17(21-10)23-15-5-3-2-4-14(15)20/h2-9H,1H3,(H2,21,22,23,24). The largest absolute Gasteiger partial charge is 0.340 e. The monoisotopic (exact) mass is 346 g/mol. The summed E-state index contributed by atoms with van der Waals surface area (Å²) in [6, 6.07) is 12.2. The van der Waals surface area contributed by atoms with E-state index in [9.17, 15) is 8.78 Å². The number of nitrogens with zero attached hydrogens (tertiary/aromatic N) is 2. The van der Waals surface area contributed by atoms with Gasteiger partial charge in [0.25, 0.3) is 0 Å². The van der Waals surface area contributed by atoms with Crippen LogP contribution in [0.15, 0.2) is 48.5 Å². The molecule has 2 aromatic carbocycles. The van der Waals surface area contributed by atoms with Gasteiger partial charge in [-0.1, -0.05) is 23.7 Å². The second-order valence-corrected chi connectivity index (χ2v) is 5.48. The number of hydrogen-bond donors (Lipinski definition) is 2. The number of para-hydroxylation sites is 1. The summed E-state index contributed by atoms with van der Waals surface area (Å²) in [5.74, 6) is -0.176. The predicted octanol–water partition coefficient (Wildman–Crippen LogP) is 5.20. The molecule has 0 unspecified atom stereocenters. The summed E-state index contributed by atoms with van der Waals surface area (Å²) >= 11 is 5.77. The highest BCUT2D eigenvalue weighted by Gasteiger charge is 2.07. The molecule has 0 spiro atoms. The quantitative estimate of drug-likeness (QED) is 0.681. The van der Waals surface area contributed by atoms with Crippen molar-refractivity contribution in [1.29, 1.82) is 0 Å². The van der Waals surface area contributed by atoms with Gasteiger partial charge in [-0.15, -0.1) is 0 Å². The van der Waals surface area contributed by atoms with Gasteiger partial charge in [-0.2, -0.15) is 4.98 Å². The Morgan fingerprint density at radius 3 is 2.46 bits per heavy atom. The molecule has 0 amide bonds. The molecule has 0 radical (unpaired) electrons. The Balaban J connectivity index is 1.86. The number of rotatable bonds is 4. The Morgan fingerprint density at radius 1 is 0.917 bits per heavy atom. The molecule has 0 bridgehead atoms. The highest BCUT2D eigenvalue weighted by Crippen LogP contribution is 2.24. The Labute approximate surface area is 142 Å². The Bertz CT molecular complexity index is 886. The molecule has 0 aliphatic rings. The van der Waals surface area contributed by atoms with E-state index in [1.807, 2.05) is 0 Å². The minimum Gasteiger partial charge on any atom is -0.340 e. The van der Waals surface area contributed by atoms with Gasteiger partial charge in [0, 0.05) is 17.4 Å². The molecule has 0 atom stereocenters. The van der Waals surface area contributed by atoms with Crippen molar-refractivity contribution in [2.24, 2.45) is 0 Å². The van der Waals surface area contributed by atoms with Crippen LogP contribution in [0.2, 0.25) is 5.02 Å². The molecule has 24 heavy (non-hydrogen) atoms. The maximum absolute atomic E-state index is 13.7. The molecule has 122 valence electrons. The van der Waals surface area contributed by atoms with Crippen molar-refractivity contribution in [3.8, 4) is 0 Å². The van der Waals surface area contributed by atoms with E-state index in [1.54, 1.807) is 37.3 Å². The van der Waals surface area contributed by atoms with E-state index in [0.29, 0.717) is 17.2 Å². The molecule has 0 saturated heterocycles. The van der Waals surface area contributed by atoms with E-state index in [1.165, 1.54) is 18.2 Å². The lowest BCUT2D eigenvalue weighted by Crippen LogP contribution is -2.03. The maximum atomic E-state index is 13.7. The minimum atomic E-state index is -0.497. The van der Waals surface area contributed by atoms with E-state index >= 15 is 0 Å². The van der Waals surface area contributed by atoms with E-state index in [-0.39, 0.29) is 16.7 Å². The van der Waals surface area contributed by atoms with Crippen molar-refractivity contribution in [2.75, 3.05) is 10.6 Å². The zero-order valence-corrected chi connectivity index (χ0v) is 13.4. The number of halogens is 3. The first-order valence-electron chi connectivity index (χ1n) is 7.10. The molecule has 1 heterocycles. The molecule has 0 saturated carbocycles.